The Bertz CT molecular complexity index is 335. The third-order valence-electron chi connectivity index (χ3n) is 3.25. The third kappa shape index (κ3) is 1.64. The van der Waals surface area contributed by atoms with Crippen molar-refractivity contribution in [2.45, 2.75) is 51.3 Å². The van der Waals surface area contributed by atoms with E-state index in [1.165, 1.54) is 4.90 Å². The van der Waals surface area contributed by atoms with Crippen molar-refractivity contribution in [1.82, 2.24) is 4.90 Å². The van der Waals surface area contributed by atoms with E-state index in [4.69, 9.17) is 10.5 Å². The minimum Gasteiger partial charge on any atom is -0.444 e. The molecule has 16 heavy (non-hydrogen) atoms. The topological polar surface area (TPSA) is 72.6 Å². The Hall–Kier alpha value is -1.26. The van der Waals surface area contributed by atoms with Crippen molar-refractivity contribution in [3.63, 3.8) is 0 Å². The standard InChI is InChI=1S/C11H18N2O3/c1-11(2,3)16-10(15)13-7-5-4-6(7)8(13)9(12)14/h6-8H,4-5H2,1-3H3,(H2,12,14)/t6?,7-,8-/m0/s1. The van der Waals surface area contributed by atoms with Gasteiger partial charge in [0.05, 0.1) is 0 Å². The fourth-order valence-electron chi connectivity index (χ4n) is 2.44. The second-order valence-corrected chi connectivity index (χ2v) is 5.54. The predicted octanol–water partition coefficient (Wildman–Crippen LogP) is 0.870. The number of fused-ring (bicyclic) bond motifs is 1. The molecule has 2 fully saturated rings. The molecule has 0 radical (unpaired) electrons. The number of ether oxygens (including phenoxy) is 1. The lowest BCUT2D eigenvalue weighted by molar-refractivity contribution is -0.152. The summed E-state index contributed by atoms with van der Waals surface area (Å²) in [6.07, 6.45) is 1.52. The van der Waals surface area contributed by atoms with Crippen molar-refractivity contribution < 1.29 is 14.3 Å². The first-order chi connectivity index (χ1) is 7.31. The van der Waals surface area contributed by atoms with Crippen LogP contribution < -0.4 is 5.73 Å². The van der Waals surface area contributed by atoms with Crippen LogP contribution in [-0.2, 0) is 9.53 Å². The number of carbonyl (C=O) groups excluding carboxylic acids is 2. The Morgan fingerprint density at radius 2 is 1.94 bits per heavy atom. The SMILES string of the molecule is CC(C)(C)OC(=O)N1[C@H](C(N)=O)C2CC[C@@H]21. The minimum absolute atomic E-state index is 0.173. The van der Waals surface area contributed by atoms with Crippen LogP contribution in [0.15, 0.2) is 0 Å². The number of likely N-dealkylation sites (tertiary alicyclic amines) is 1. The van der Waals surface area contributed by atoms with Crippen LogP contribution in [0, 0.1) is 5.92 Å². The molecule has 0 aromatic carbocycles. The van der Waals surface area contributed by atoms with Gasteiger partial charge in [-0.2, -0.15) is 0 Å². The number of nitrogens with zero attached hydrogens (tertiary/aromatic N) is 1. The summed E-state index contributed by atoms with van der Waals surface area (Å²) < 4.78 is 5.25. The van der Waals surface area contributed by atoms with Crippen LogP contribution in [0.1, 0.15) is 33.6 Å². The van der Waals surface area contributed by atoms with Crippen LogP contribution >= 0.6 is 0 Å². The highest BCUT2D eigenvalue weighted by atomic mass is 16.6. The maximum Gasteiger partial charge on any atom is 0.411 e. The second-order valence-electron chi connectivity index (χ2n) is 5.54. The Balaban J connectivity index is 2.03. The van der Waals surface area contributed by atoms with Crippen molar-refractivity contribution in [3.8, 4) is 0 Å². The lowest BCUT2D eigenvalue weighted by atomic mass is 9.65. The highest BCUT2D eigenvalue weighted by Gasteiger charge is 2.59. The summed E-state index contributed by atoms with van der Waals surface area (Å²) in [6.45, 7) is 5.42. The molecule has 1 unspecified atom stereocenters. The highest BCUT2D eigenvalue weighted by molar-refractivity contribution is 5.87. The van der Waals surface area contributed by atoms with E-state index < -0.39 is 23.6 Å². The summed E-state index contributed by atoms with van der Waals surface area (Å²) in [6, 6.07) is -0.277. The third-order valence-corrected chi connectivity index (χ3v) is 3.25. The summed E-state index contributed by atoms with van der Waals surface area (Å²) in [5.41, 5.74) is 4.75. The second kappa shape index (κ2) is 3.37. The average Bonchev–Trinajstić information content (AvgIpc) is 2.04. The number of carbonyl (C=O) groups is 2. The molecule has 5 heteroatoms. The molecular weight excluding hydrogens is 208 g/mol. The number of primary amides is 1. The molecule has 0 bridgehead atoms. The van der Waals surface area contributed by atoms with Gasteiger partial charge in [-0.1, -0.05) is 0 Å². The van der Waals surface area contributed by atoms with E-state index in [9.17, 15) is 9.59 Å². The fourth-order valence-corrected chi connectivity index (χ4v) is 2.44. The monoisotopic (exact) mass is 226 g/mol. The van der Waals surface area contributed by atoms with Crippen LogP contribution in [0.5, 0.6) is 0 Å². The minimum atomic E-state index is -0.534. The Kier molecular flexibility index (Phi) is 2.36. The summed E-state index contributed by atoms with van der Waals surface area (Å²) in [4.78, 5) is 24.6. The maximum absolute atomic E-state index is 11.8. The molecule has 1 heterocycles. The van der Waals surface area contributed by atoms with Crippen LogP contribution in [0.3, 0.4) is 0 Å². The van der Waals surface area contributed by atoms with Gasteiger partial charge in [-0.05, 0) is 33.6 Å². The molecule has 2 amide bonds. The van der Waals surface area contributed by atoms with E-state index in [1.807, 2.05) is 20.8 Å². The molecule has 90 valence electrons. The van der Waals surface area contributed by atoms with E-state index in [0.29, 0.717) is 0 Å². The van der Waals surface area contributed by atoms with Crippen molar-refractivity contribution in [2.24, 2.45) is 11.7 Å². The smallest absolute Gasteiger partial charge is 0.411 e. The number of rotatable bonds is 1. The lowest BCUT2D eigenvalue weighted by Crippen LogP contribution is -2.74. The van der Waals surface area contributed by atoms with Gasteiger partial charge in [0.2, 0.25) is 5.91 Å². The molecule has 5 nitrogen and oxygen atoms in total. The predicted molar refractivity (Wildman–Crippen MR) is 57.6 cm³/mol. The first kappa shape index (κ1) is 11.2. The van der Waals surface area contributed by atoms with E-state index >= 15 is 0 Å². The molecule has 3 atom stereocenters. The number of nitrogens with two attached hydrogens (primary N) is 1. The summed E-state index contributed by atoms with van der Waals surface area (Å²) in [7, 11) is 0. The van der Waals surface area contributed by atoms with Gasteiger partial charge in [-0.25, -0.2) is 4.79 Å². The normalized spacial score (nSPS) is 32.2. The maximum atomic E-state index is 11.8. The first-order valence-corrected chi connectivity index (χ1v) is 5.62. The van der Waals surface area contributed by atoms with Gasteiger partial charge in [0, 0.05) is 12.0 Å². The van der Waals surface area contributed by atoms with Gasteiger partial charge < -0.3 is 10.5 Å². The molecule has 2 N–H and O–H groups in total. The zero-order chi connectivity index (χ0) is 12.1. The van der Waals surface area contributed by atoms with E-state index in [1.54, 1.807) is 0 Å². The number of piperidine rings is 1. The Morgan fingerprint density at radius 1 is 1.31 bits per heavy atom. The van der Waals surface area contributed by atoms with E-state index in [0.717, 1.165) is 12.8 Å². The number of amides is 2. The van der Waals surface area contributed by atoms with Gasteiger partial charge >= 0.3 is 6.09 Å². The molecular formula is C11H18N2O3. The summed E-state index contributed by atoms with van der Waals surface area (Å²) in [5, 5.41) is 0. The summed E-state index contributed by atoms with van der Waals surface area (Å²) in [5.74, 6) is -0.156. The van der Waals surface area contributed by atoms with Crippen LogP contribution in [-0.4, -0.2) is 34.6 Å². The van der Waals surface area contributed by atoms with Gasteiger partial charge in [0.15, 0.2) is 0 Å². The number of hydrogen-bond acceptors (Lipinski definition) is 3. The van der Waals surface area contributed by atoms with Crippen molar-refractivity contribution in [3.05, 3.63) is 0 Å². The quantitative estimate of drug-likeness (QED) is 0.721. The number of hydrogen-bond donors (Lipinski definition) is 1. The largest absolute Gasteiger partial charge is 0.444 e. The Morgan fingerprint density at radius 3 is 2.31 bits per heavy atom. The molecule has 1 aliphatic heterocycles. The molecule has 2 rings (SSSR count). The van der Waals surface area contributed by atoms with Crippen molar-refractivity contribution >= 4 is 12.0 Å². The van der Waals surface area contributed by atoms with Crippen LogP contribution in [0.25, 0.3) is 0 Å². The first-order valence-electron chi connectivity index (χ1n) is 5.62. The van der Waals surface area contributed by atoms with Gasteiger partial charge in [-0.3, -0.25) is 9.69 Å². The molecule has 1 aliphatic carbocycles. The van der Waals surface area contributed by atoms with Crippen LogP contribution in [0.4, 0.5) is 4.79 Å². The molecule has 0 spiro atoms. The molecule has 0 aromatic rings. The van der Waals surface area contributed by atoms with E-state index in [-0.39, 0.29) is 12.0 Å². The molecule has 0 aromatic heterocycles. The van der Waals surface area contributed by atoms with Crippen LogP contribution in [0.2, 0.25) is 0 Å². The van der Waals surface area contributed by atoms with Crippen molar-refractivity contribution in [2.75, 3.05) is 0 Å². The molecule has 1 saturated heterocycles. The fraction of sp³-hybridized carbons (Fsp3) is 0.818. The van der Waals surface area contributed by atoms with Gasteiger partial charge in [0.25, 0.3) is 0 Å². The molecule has 2 aliphatic rings. The van der Waals surface area contributed by atoms with Crippen molar-refractivity contribution in [1.29, 1.82) is 0 Å². The Labute approximate surface area is 94.9 Å². The lowest BCUT2D eigenvalue weighted by Gasteiger charge is -2.59. The average molecular weight is 226 g/mol. The van der Waals surface area contributed by atoms with E-state index in [2.05, 4.69) is 0 Å². The van der Waals surface area contributed by atoms with Gasteiger partial charge in [-0.15, -0.1) is 0 Å². The summed E-state index contributed by atoms with van der Waals surface area (Å²) >= 11 is 0. The molecule has 1 saturated carbocycles. The zero-order valence-corrected chi connectivity index (χ0v) is 9.90. The van der Waals surface area contributed by atoms with Gasteiger partial charge in [0.1, 0.15) is 11.6 Å². The zero-order valence-electron chi connectivity index (χ0n) is 9.90. The highest BCUT2D eigenvalue weighted by Crippen LogP contribution is 2.47.